The van der Waals surface area contributed by atoms with Crippen molar-refractivity contribution in [1.29, 1.82) is 0 Å². The molecule has 0 atom stereocenters. The molecule has 0 bridgehead atoms. The summed E-state index contributed by atoms with van der Waals surface area (Å²) in [5.41, 5.74) is 1.78. The highest BCUT2D eigenvalue weighted by molar-refractivity contribution is 5.66. The molecule has 5 heteroatoms. The summed E-state index contributed by atoms with van der Waals surface area (Å²) in [6, 6.07) is 7.98. The van der Waals surface area contributed by atoms with E-state index >= 15 is 0 Å². The second-order valence-electron chi connectivity index (χ2n) is 6.04. The number of aryl methyl sites for hydroxylation is 1. The number of hydrogen-bond acceptors (Lipinski definition) is 3. The van der Waals surface area contributed by atoms with Crippen molar-refractivity contribution in [2.75, 3.05) is 0 Å². The second kappa shape index (κ2) is 7.31. The van der Waals surface area contributed by atoms with Crippen molar-refractivity contribution in [3.05, 3.63) is 42.5 Å². The predicted octanol–water partition coefficient (Wildman–Crippen LogP) is 3.60. The molecule has 23 heavy (non-hydrogen) atoms. The zero-order chi connectivity index (χ0) is 16.1. The van der Waals surface area contributed by atoms with Crippen molar-refractivity contribution >= 4 is 5.97 Å². The van der Waals surface area contributed by atoms with Crippen molar-refractivity contribution in [2.24, 2.45) is 0 Å². The van der Waals surface area contributed by atoms with Crippen LogP contribution in [0.2, 0.25) is 0 Å². The molecular formula is C18H22N2O3. The molecule has 1 heterocycles. The van der Waals surface area contributed by atoms with Crippen molar-refractivity contribution < 1.29 is 14.6 Å². The normalized spacial score (nSPS) is 15.5. The van der Waals surface area contributed by atoms with Crippen molar-refractivity contribution in [3.63, 3.8) is 0 Å². The summed E-state index contributed by atoms with van der Waals surface area (Å²) in [5, 5.41) is 8.72. The van der Waals surface area contributed by atoms with Crippen LogP contribution in [0.5, 0.6) is 5.75 Å². The van der Waals surface area contributed by atoms with Gasteiger partial charge in [0.25, 0.3) is 0 Å². The standard InChI is InChI=1S/C18H22N2O3/c21-18(22)11-6-14-12-20(13-19-14)15-7-9-17(10-8-15)23-16-4-2-1-3-5-16/h7-10,12-13,16H,1-6,11H2,(H,21,22). The Morgan fingerprint density at radius 2 is 1.96 bits per heavy atom. The molecule has 1 saturated carbocycles. The number of nitrogens with zero attached hydrogens (tertiary/aromatic N) is 2. The Labute approximate surface area is 135 Å². The number of aromatic nitrogens is 2. The number of carboxylic acid groups (broad SMARTS) is 1. The van der Waals surface area contributed by atoms with Crippen LogP contribution in [-0.4, -0.2) is 26.7 Å². The number of carboxylic acids is 1. The number of hydrogen-bond donors (Lipinski definition) is 1. The molecule has 1 N–H and O–H groups in total. The lowest BCUT2D eigenvalue weighted by molar-refractivity contribution is -0.136. The number of carbonyl (C=O) groups is 1. The molecule has 1 aliphatic carbocycles. The van der Waals surface area contributed by atoms with Crippen molar-refractivity contribution in [2.45, 2.75) is 51.0 Å². The molecule has 0 unspecified atom stereocenters. The molecule has 1 aliphatic rings. The smallest absolute Gasteiger partial charge is 0.303 e. The van der Waals surface area contributed by atoms with E-state index in [0.29, 0.717) is 12.5 Å². The summed E-state index contributed by atoms with van der Waals surface area (Å²) in [6.07, 6.45) is 10.6. The Morgan fingerprint density at radius 1 is 1.22 bits per heavy atom. The summed E-state index contributed by atoms with van der Waals surface area (Å²) < 4.78 is 7.93. The van der Waals surface area contributed by atoms with Gasteiger partial charge in [-0.05, 0) is 49.9 Å². The van der Waals surface area contributed by atoms with Gasteiger partial charge in [0, 0.05) is 18.3 Å². The number of rotatable bonds is 6. The Hall–Kier alpha value is -2.30. The first-order chi connectivity index (χ1) is 11.2. The van der Waals surface area contributed by atoms with Gasteiger partial charge in [0.05, 0.1) is 24.5 Å². The van der Waals surface area contributed by atoms with Gasteiger partial charge >= 0.3 is 5.97 Å². The number of benzene rings is 1. The Balaban J connectivity index is 1.61. The average molecular weight is 314 g/mol. The van der Waals surface area contributed by atoms with Crippen LogP contribution in [0.15, 0.2) is 36.8 Å². The summed E-state index contributed by atoms with van der Waals surface area (Å²) in [6.45, 7) is 0. The molecule has 2 aromatic rings. The molecule has 0 aliphatic heterocycles. The highest BCUT2D eigenvalue weighted by Gasteiger charge is 2.14. The average Bonchev–Trinajstić information content (AvgIpc) is 3.04. The minimum Gasteiger partial charge on any atom is -0.490 e. The van der Waals surface area contributed by atoms with E-state index in [1.54, 1.807) is 6.33 Å². The number of imidazole rings is 1. The largest absolute Gasteiger partial charge is 0.490 e. The van der Waals surface area contributed by atoms with E-state index in [9.17, 15) is 4.79 Å². The van der Waals surface area contributed by atoms with Crippen molar-refractivity contribution in [1.82, 2.24) is 9.55 Å². The van der Waals surface area contributed by atoms with Gasteiger partial charge in [-0.15, -0.1) is 0 Å². The molecule has 0 radical (unpaired) electrons. The summed E-state index contributed by atoms with van der Waals surface area (Å²) in [4.78, 5) is 14.9. The van der Waals surface area contributed by atoms with Gasteiger partial charge in [0.1, 0.15) is 5.75 Å². The van der Waals surface area contributed by atoms with Crippen LogP contribution in [0, 0.1) is 0 Å². The predicted molar refractivity (Wildman–Crippen MR) is 87.0 cm³/mol. The van der Waals surface area contributed by atoms with E-state index in [4.69, 9.17) is 9.84 Å². The van der Waals surface area contributed by atoms with Crippen LogP contribution in [-0.2, 0) is 11.2 Å². The molecule has 5 nitrogen and oxygen atoms in total. The first-order valence-electron chi connectivity index (χ1n) is 8.22. The maximum atomic E-state index is 10.6. The highest BCUT2D eigenvalue weighted by Crippen LogP contribution is 2.24. The minimum absolute atomic E-state index is 0.102. The molecule has 0 amide bonds. The van der Waals surface area contributed by atoms with Crippen LogP contribution in [0.25, 0.3) is 5.69 Å². The van der Waals surface area contributed by atoms with E-state index < -0.39 is 5.97 Å². The van der Waals surface area contributed by atoms with E-state index in [2.05, 4.69) is 4.98 Å². The van der Waals surface area contributed by atoms with Gasteiger partial charge in [-0.25, -0.2) is 4.98 Å². The van der Waals surface area contributed by atoms with E-state index in [0.717, 1.165) is 30.0 Å². The van der Waals surface area contributed by atoms with Gasteiger partial charge < -0.3 is 14.4 Å². The van der Waals surface area contributed by atoms with Crippen LogP contribution in [0.1, 0.15) is 44.2 Å². The molecule has 122 valence electrons. The number of aliphatic carboxylic acids is 1. The molecular weight excluding hydrogens is 292 g/mol. The first kappa shape index (κ1) is 15.6. The SMILES string of the molecule is O=C(O)CCc1cn(-c2ccc(OC3CCCCC3)cc2)cn1. The van der Waals surface area contributed by atoms with Gasteiger partial charge in [0.2, 0.25) is 0 Å². The zero-order valence-electron chi connectivity index (χ0n) is 13.1. The fourth-order valence-electron chi connectivity index (χ4n) is 2.94. The van der Waals surface area contributed by atoms with Gasteiger partial charge in [0.15, 0.2) is 0 Å². The fourth-order valence-corrected chi connectivity index (χ4v) is 2.94. The maximum absolute atomic E-state index is 10.6. The molecule has 3 rings (SSSR count). The van der Waals surface area contributed by atoms with Gasteiger partial charge in [-0.1, -0.05) is 6.42 Å². The fraction of sp³-hybridized carbons (Fsp3) is 0.444. The summed E-state index contributed by atoms with van der Waals surface area (Å²) in [5.74, 6) is 0.107. The van der Waals surface area contributed by atoms with Crippen LogP contribution in [0.4, 0.5) is 0 Å². The third kappa shape index (κ3) is 4.34. The van der Waals surface area contributed by atoms with E-state index in [1.807, 2.05) is 35.0 Å². The Bertz CT molecular complexity index is 643. The second-order valence-corrected chi connectivity index (χ2v) is 6.04. The highest BCUT2D eigenvalue weighted by atomic mass is 16.5. The number of ether oxygens (including phenoxy) is 1. The lowest BCUT2D eigenvalue weighted by Crippen LogP contribution is -2.19. The van der Waals surface area contributed by atoms with Crippen molar-refractivity contribution in [3.8, 4) is 11.4 Å². The zero-order valence-corrected chi connectivity index (χ0v) is 13.1. The lowest BCUT2D eigenvalue weighted by Gasteiger charge is -2.23. The third-order valence-electron chi connectivity index (χ3n) is 4.22. The first-order valence-corrected chi connectivity index (χ1v) is 8.22. The van der Waals surface area contributed by atoms with E-state index in [-0.39, 0.29) is 6.42 Å². The van der Waals surface area contributed by atoms with Crippen LogP contribution in [0.3, 0.4) is 0 Å². The molecule has 0 saturated heterocycles. The van der Waals surface area contributed by atoms with Crippen LogP contribution >= 0.6 is 0 Å². The molecule has 1 aromatic heterocycles. The Morgan fingerprint density at radius 3 is 2.65 bits per heavy atom. The quantitative estimate of drug-likeness (QED) is 0.885. The van der Waals surface area contributed by atoms with Crippen LogP contribution < -0.4 is 4.74 Å². The molecule has 1 aromatic carbocycles. The third-order valence-corrected chi connectivity index (χ3v) is 4.22. The maximum Gasteiger partial charge on any atom is 0.303 e. The summed E-state index contributed by atoms with van der Waals surface area (Å²) in [7, 11) is 0. The van der Waals surface area contributed by atoms with Gasteiger partial charge in [-0.2, -0.15) is 0 Å². The molecule has 0 spiro atoms. The Kier molecular flexibility index (Phi) is 4.95. The monoisotopic (exact) mass is 314 g/mol. The lowest BCUT2D eigenvalue weighted by atomic mass is 9.98. The van der Waals surface area contributed by atoms with E-state index in [1.165, 1.54) is 19.3 Å². The van der Waals surface area contributed by atoms with Gasteiger partial charge in [-0.3, -0.25) is 4.79 Å². The molecule has 1 fully saturated rings. The minimum atomic E-state index is -0.802. The topological polar surface area (TPSA) is 64.3 Å². The summed E-state index contributed by atoms with van der Waals surface area (Å²) >= 11 is 0.